The van der Waals surface area contributed by atoms with E-state index in [9.17, 15) is 4.79 Å². The molecule has 4 heteroatoms. The summed E-state index contributed by atoms with van der Waals surface area (Å²) in [7, 11) is 0. The number of pyridine rings is 1. The molecule has 0 aliphatic carbocycles. The third kappa shape index (κ3) is 3.28. The van der Waals surface area contributed by atoms with E-state index in [1.807, 2.05) is 0 Å². The smallest absolute Gasteiger partial charge is 0.337 e. The van der Waals surface area contributed by atoms with Gasteiger partial charge in [0.15, 0.2) is 0 Å². The summed E-state index contributed by atoms with van der Waals surface area (Å²) in [5, 5.41) is 11.9. The number of anilines is 1. The molecule has 84 valence electrons. The Hall–Kier alpha value is -2.02. The van der Waals surface area contributed by atoms with Gasteiger partial charge in [-0.15, -0.1) is 12.3 Å². The summed E-state index contributed by atoms with van der Waals surface area (Å²) >= 11 is 0. The summed E-state index contributed by atoms with van der Waals surface area (Å²) in [6, 6.07) is 3.21. The van der Waals surface area contributed by atoms with Crippen LogP contribution in [0.1, 0.15) is 28.9 Å². The van der Waals surface area contributed by atoms with Crippen LogP contribution in [0, 0.1) is 19.3 Å². The van der Waals surface area contributed by atoms with E-state index in [4.69, 9.17) is 11.5 Å². The summed E-state index contributed by atoms with van der Waals surface area (Å²) in [6.07, 6.45) is 6.72. The number of aromatic carboxylic acids is 1. The van der Waals surface area contributed by atoms with Crippen molar-refractivity contribution in [3.05, 3.63) is 23.4 Å². The fourth-order valence-corrected chi connectivity index (χ4v) is 1.29. The summed E-state index contributed by atoms with van der Waals surface area (Å²) in [5.41, 5.74) is 0.739. The van der Waals surface area contributed by atoms with Crippen molar-refractivity contribution in [2.24, 2.45) is 0 Å². The fraction of sp³-hybridized carbons (Fsp3) is 0.333. The second-order valence-corrected chi connectivity index (χ2v) is 3.37. The van der Waals surface area contributed by atoms with Crippen LogP contribution in [0.5, 0.6) is 0 Å². The highest BCUT2D eigenvalue weighted by Crippen LogP contribution is 2.10. The number of nitrogens with one attached hydrogen (secondary N) is 1. The molecule has 0 saturated heterocycles. The van der Waals surface area contributed by atoms with Gasteiger partial charge in [-0.25, -0.2) is 9.78 Å². The highest BCUT2D eigenvalue weighted by atomic mass is 16.4. The summed E-state index contributed by atoms with van der Waals surface area (Å²) < 4.78 is 0. The second-order valence-electron chi connectivity index (χ2n) is 3.37. The molecule has 1 heterocycles. The van der Waals surface area contributed by atoms with Crippen molar-refractivity contribution in [3.8, 4) is 12.3 Å². The number of aromatic nitrogens is 1. The summed E-state index contributed by atoms with van der Waals surface area (Å²) in [5.74, 6) is 2.28. The van der Waals surface area contributed by atoms with Gasteiger partial charge in [0.2, 0.25) is 0 Å². The highest BCUT2D eigenvalue weighted by molar-refractivity contribution is 5.89. The molecule has 0 aliphatic rings. The molecule has 0 amide bonds. The zero-order valence-corrected chi connectivity index (χ0v) is 9.16. The normalized spacial score (nSPS) is 9.50. The van der Waals surface area contributed by atoms with Crippen molar-refractivity contribution in [1.82, 2.24) is 4.98 Å². The molecule has 0 saturated carbocycles. The van der Waals surface area contributed by atoms with Crippen LogP contribution in [0.2, 0.25) is 0 Å². The Morgan fingerprint density at radius 2 is 2.38 bits per heavy atom. The minimum absolute atomic E-state index is 0.231. The lowest BCUT2D eigenvalue weighted by Crippen LogP contribution is -2.07. The predicted molar refractivity (Wildman–Crippen MR) is 62.5 cm³/mol. The molecule has 2 N–H and O–H groups in total. The molecule has 4 nitrogen and oxygen atoms in total. The molecule has 1 aromatic rings. The summed E-state index contributed by atoms with van der Waals surface area (Å²) in [6.45, 7) is 2.42. The van der Waals surface area contributed by atoms with Gasteiger partial charge in [-0.05, 0) is 25.5 Å². The molecule has 0 radical (unpaired) electrons. The Morgan fingerprint density at radius 3 is 2.94 bits per heavy atom. The Balaban J connectivity index is 2.60. The molecule has 0 unspecified atom stereocenters. The van der Waals surface area contributed by atoms with Crippen LogP contribution >= 0.6 is 0 Å². The van der Waals surface area contributed by atoms with Crippen LogP contribution in [-0.4, -0.2) is 22.6 Å². The van der Waals surface area contributed by atoms with Gasteiger partial charge < -0.3 is 10.4 Å². The van der Waals surface area contributed by atoms with E-state index in [-0.39, 0.29) is 5.56 Å². The summed E-state index contributed by atoms with van der Waals surface area (Å²) in [4.78, 5) is 14.9. The Morgan fingerprint density at radius 1 is 1.62 bits per heavy atom. The third-order valence-electron chi connectivity index (χ3n) is 2.12. The number of aryl methyl sites for hydroxylation is 1. The van der Waals surface area contributed by atoms with Crippen molar-refractivity contribution in [2.75, 3.05) is 11.9 Å². The van der Waals surface area contributed by atoms with Crippen molar-refractivity contribution in [1.29, 1.82) is 0 Å². The Labute approximate surface area is 94.7 Å². The largest absolute Gasteiger partial charge is 0.478 e. The lowest BCUT2D eigenvalue weighted by atomic mass is 10.2. The molecule has 16 heavy (non-hydrogen) atoms. The second kappa shape index (κ2) is 5.76. The van der Waals surface area contributed by atoms with Gasteiger partial charge in [-0.2, -0.15) is 0 Å². The Kier molecular flexibility index (Phi) is 4.34. The van der Waals surface area contributed by atoms with E-state index in [1.54, 1.807) is 19.1 Å². The monoisotopic (exact) mass is 218 g/mol. The molecule has 0 bridgehead atoms. The molecular weight excluding hydrogens is 204 g/mol. The quantitative estimate of drug-likeness (QED) is 0.585. The van der Waals surface area contributed by atoms with E-state index in [2.05, 4.69) is 16.2 Å². The zero-order valence-electron chi connectivity index (χ0n) is 9.16. The van der Waals surface area contributed by atoms with Crippen LogP contribution < -0.4 is 5.32 Å². The van der Waals surface area contributed by atoms with Crippen LogP contribution in [0.4, 0.5) is 5.82 Å². The van der Waals surface area contributed by atoms with Gasteiger partial charge in [0.1, 0.15) is 5.82 Å². The number of rotatable bonds is 5. The standard InChI is InChI=1S/C12H14N2O2/c1-3-4-5-8-13-11-7-6-10(12(15)16)9(2)14-11/h1,6-7H,4-5,8H2,2H3,(H,13,14)(H,15,16). The zero-order chi connectivity index (χ0) is 12.0. The number of carboxylic acid groups (broad SMARTS) is 1. The number of hydrogen-bond donors (Lipinski definition) is 2. The number of carboxylic acids is 1. The molecule has 0 aromatic carbocycles. The topological polar surface area (TPSA) is 62.2 Å². The van der Waals surface area contributed by atoms with Gasteiger partial charge in [-0.3, -0.25) is 0 Å². The maximum absolute atomic E-state index is 10.7. The maximum atomic E-state index is 10.7. The van der Waals surface area contributed by atoms with Crippen molar-refractivity contribution in [3.63, 3.8) is 0 Å². The lowest BCUT2D eigenvalue weighted by molar-refractivity contribution is 0.0695. The molecule has 0 atom stereocenters. The fourth-order valence-electron chi connectivity index (χ4n) is 1.29. The minimum atomic E-state index is -0.955. The van der Waals surface area contributed by atoms with Crippen molar-refractivity contribution >= 4 is 11.8 Å². The van der Waals surface area contributed by atoms with E-state index < -0.39 is 5.97 Å². The molecule has 1 aromatic heterocycles. The molecule has 0 spiro atoms. The minimum Gasteiger partial charge on any atom is -0.478 e. The predicted octanol–water partition coefficient (Wildman–Crippen LogP) is 1.91. The first-order valence-corrected chi connectivity index (χ1v) is 5.03. The molecular formula is C12H14N2O2. The van der Waals surface area contributed by atoms with E-state index in [0.29, 0.717) is 11.5 Å². The maximum Gasteiger partial charge on any atom is 0.337 e. The third-order valence-corrected chi connectivity index (χ3v) is 2.12. The van der Waals surface area contributed by atoms with E-state index in [0.717, 1.165) is 19.4 Å². The number of hydrogen-bond acceptors (Lipinski definition) is 3. The Bertz CT molecular complexity index is 422. The average molecular weight is 218 g/mol. The van der Waals surface area contributed by atoms with E-state index in [1.165, 1.54) is 0 Å². The van der Waals surface area contributed by atoms with Crippen molar-refractivity contribution in [2.45, 2.75) is 19.8 Å². The van der Waals surface area contributed by atoms with Crippen LogP contribution in [0.3, 0.4) is 0 Å². The van der Waals surface area contributed by atoms with Gasteiger partial charge in [-0.1, -0.05) is 0 Å². The van der Waals surface area contributed by atoms with Gasteiger partial charge in [0.05, 0.1) is 11.3 Å². The molecule has 0 fully saturated rings. The van der Waals surface area contributed by atoms with Crippen molar-refractivity contribution < 1.29 is 9.90 Å². The van der Waals surface area contributed by atoms with Crippen LogP contribution in [0.15, 0.2) is 12.1 Å². The van der Waals surface area contributed by atoms with E-state index >= 15 is 0 Å². The number of nitrogens with zero attached hydrogens (tertiary/aromatic N) is 1. The number of unbranched alkanes of at least 4 members (excludes halogenated alkanes) is 1. The SMILES string of the molecule is C#CCCCNc1ccc(C(=O)O)c(C)n1. The van der Waals surface area contributed by atoms with Gasteiger partial charge in [0.25, 0.3) is 0 Å². The first-order valence-electron chi connectivity index (χ1n) is 5.03. The molecule has 0 aliphatic heterocycles. The first kappa shape index (κ1) is 12.1. The van der Waals surface area contributed by atoms with Gasteiger partial charge in [0, 0.05) is 13.0 Å². The number of carbonyl (C=O) groups is 1. The van der Waals surface area contributed by atoms with Crippen LogP contribution in [0.25, 0.3) is 0 Å². The van der Waals surface area contributed by atoms with Gasteiger partial charge >= 0.3 is 5.97 Å². The number of terminal acetylenes is 1. The average Bonchev–Trinajstić information content (AvgIpc) is 2.24. The lowest BCUT2D eigenvalue weighted by Gasteiger charge is -2.06. The highest BCUT2D eigenvalue weighted by Gasteiger charge is 2.07. The molecule has 1 rings (SSSR count). The van der Waals surface area contributed by atoms with Crippen LogP contribution in [-0.2, 0) is 0 Å². The first-order chi connectivity index (χ1) is 7.65.